The van der Waals surface area contributed by atoms with E-state index in [1.54, 1.807) is 13.0 Å². The van der Waals surface area contributed by atoms with Gasteiger partial charge < -0.3 is 9.84 Å². The molecule has 0 aliphatic heterocycles. The first kappa shape index (κ1) is 15.7. The summed E-state index contributed by atoms with van der Waals surface area (Å²) in [6.45, 7) is 1.68. The number of aryl methyl sites for hydroxylation is 1. The number of hydrogen-bond acceptors (Lipinski definition) is 5. The van der Waals surface area contributed by atoms with Crippen LogP contribution in [0.1, 0.15) is 16.2 Å². The highest BCUT2D eigenvalue weighted by Gasteiger charge is 2.31. The number of carbonyl (C=O) groups is 1. The maximum absolute atomic E-state index is 12.3. The van der Waals surface area contributed by atoms with Crippen LogP contribution in [0.3, 0.4) is 0 Å². The van der Waals surface area contributed by atoms with E-state index in [1.807, 2.05) is 0 Å². The lowest BCUT2D eigenvalue weighted by Gasteiger charge is -2.09. The highest BCUT2D eigenvalue weighted by molar-refractivity contribution is 5.92. The Hall–Kier alpha value is -3.17. The monoisotopic (exact) mass is 338 g/mol. The van der Waals surface area contributed by atoms with E-state index in [0.717, 1.165) is 6.07 Å². The molecule has 3 aromatic heterocycles. The molecule has 0 fully saturated rings. The lowest BCUT2D eigenvalue weighted by atomic mass is 10.2. The van der Waals surface area contributed by atoms with Crippen LogP contribution in [0.2, 0.25) is 0 Å². The zero-order valence-electron chi connectivity index (χ0n) is 12.1. The number of pyridine rings is 1. The molecule has 3 aromatic rings. The van der Waals surface area contributed by atoms with Crippen LogP contribution in [0.5, 0.6) is 5.88 Å². The Kier molecular flexibility index (Phi) is 3.59. The third kappa shape index (κ3) is 2.98. The minimum atomic E-state index is -4.86. The molecule has 0 bridgehead atoms. The predicted octanol–water partition coefficient (Wildman–Crippen LogP) is 2.70. The topological polar surface area (TPSA) is 89.6 Å². The van der Waals surface area contributed by atoms with Gasteiger partial charge in [0, 0.05) is 11.8 Å². The van der Waals surface area contributed by atoms with Crippen molar-refractivity contribution in [2.24, 2.45) is 0 Å². The number of carboxylic acids is 1. The van der Waals surface area contributed by atoms with E-state index in [0.29, 0.717) is 5.69 Å². The smallest absolute Gasteiger partial charge is 0.476 e. The van der Waals surface area contributed by atoms with Crippen molar-refractivity contribution >= 4 is 11.6 Å². The molecule has 0 unspecified atom stereocenters. The molecule has 0 aliphatic rings. The number of fused-ring (bicyclic) bond motifs is 1. The molecule has 24 heavy (non-hydrogen) atoms. The van der Waals surface area contributed by atoms with Crippen LogP contribution in [0.15, 0.2) is 30.6 Å². The summed E-state index contributed by atoms with van der Waals surface area (Å²) in [6, 6.07) is 5.39. The van der Waals surface area contributed by atoms with Gasteiger partial charge in [-0.25, -0.2) is 19.7 Å². The van der Waals surface area contributed by atoms with Gasteiger partial charge in [0.1, 0.15) is 6.33 Å². The van der Waals surface area contributed by atoms with E-state index < -0.39 is 18.2 Å². The summed E-state index contributed by atoms with van der Waals surface area (Å²) in [5.41, 5.74) is 0.721. The van der Waals surface area contributed by atoms with Gasteiger partial charge in [0.05, 0.1) is 11.4 Å². The zero-order chi connectivity index (χ0) is 17.5. The highest BCUT2D eigenvalue weighted by Crippen LogP contribution is 2.25. The largest absolute Gasteiger partial charge is 0.574 e. The second-order valence-electron chi connectivity index (χ2n) is 4.78. The summed E-state index contributed by atoms with van der Waals surface area (Å²) in [7, 11) is 0. The zero-order valence-corrected chi connectivity index (χ0v) is 12.1. The second-order valence-corrected chi connectivity index (χ2v) is 4.78. The van der Waals surface area contributed by atoms with Gasteiger partial charge in [-0.05, 0) is 19.1 Å². The first-order valence-corrected chi connectivity index (χ1v) is 6.56. The molecule has 7 nitrogen and oxygen atoms in total. The Labute approximate surface area is 132 Å². The van der Waals surface area contributed by atoms with Crippen molar-refractivity contribution in [3.63, 3.8) is 0 Å². The number of carboxylic acid groups (broad SMARTS) is 1. The highest BCUT2D eigenvalue weighted by atomic mass is 19.4. The van der Waals surface area contributed by atoms with Crippen LogP contribution in [0.4, 0.5) is 13.2 Å². The fourth-order valence-corrected chi connectivity index (χ4v) is 2.14. The fraction of sp³-hybridized carbons (Fsp3) is 0.143. The van der Waals surface area contributed by atoms with Crippen LogP contribution in [-0.2, 0) is 0 Å². The minimum Gasteiger partial charge on any atom is -0.476 e. The molecule has 0 saturated heterocycles. The van der Waals surface area contributed by atoms with Crippen molar-refractivity contribution < 1.29 is 27.8 Å². The van der Waals surface area contributed by atoms with Gasteiger partial charge in [-0.2, -0.15) is 0 Å². The maximum atomic E-state index is 12.3. The number of aromatic carboxylic acids is 1. The third-order valence-electron chi connectivity index (χ3n) is 3.10. The van der Waals surface area contributed by atoms with Crippen molar-refractivity contribution in [2.45, 2.75) is 13.3 Å². The maximum Gasteiger partial charge on any atom is 0.574 e. The van der Waals surface area contributed by atoms with Crippen molar-refractivity contribution in [1.29, 1.82) is 0 Å². The number of rotatable bonds is 3. The Balaban J connectivity index is 2.11. The standard InChI is InChI=1S/C14H9F3N4O3/c1-7-5-9(20-12-11(13(22)23)18-6-21(7)12)8-3-2-4-10(19-8)24-14(15,16)17/h2-6H,1H3,(H,22,23). The summed E-state index contributed by atoms with van der Waals surface area (Å²) >= 11 is 0. The molecule has 1 N–H and O–H groups in total. The van der Waals surface area contributed by atoms with Gasteiger partial charge >= 0.3 is 12.3 Å². The van der Waals surface area contributed by atoms with Gasteiger partial charge in [-0.3, -0.25) is 4.40 Å². The fourth-order valence-electron chi connectivity index (χ4n) is 2.14. The lowest BCUT2D eigenvalue weighted by Crippen LogP contribution is -2.18. The van der Waals surface area contributed by atoms with E-state index in [1.165, 1.54) is 22.9 Å². The van der Waals surface area contributed by atoms with E-state index in [4.69, 9.17) is 5.11 Å². The van der Waals surface area contributed by atoms with Crippen LogP contribution in [-0.4, -0.2) is 36.8 Å². The molecule has 3 heterocycles. The van der Waals surface area contributed by atoms with Gasteiger partial charge in [-0.1, -0.05) is 6.07 Å². The molecule has 0 spiro atoms. The third-order valence-corrected chi connectivity index (χ3v) is 3.10. The number of nitrogens with zero attached hydrogens (tertiary/aromatic N) is 4. The first-order valence-electron chi connectivity index (χ1n) is 6.56. The second kappa shape index (κ2) is 5.48. The Bertz CT molecular complexity index is 937. The predicted molar refractivity (Wildman–Crippen MR) is 74.6 cm³/mol. The van der Waals surface area contributed by atoms with Crippen molar-refractivity contribution in [3.8, 4) is 17.3 Å². The average Bonchev–Trinajstić information content (AvgIpc) is 2.90. The normalized spacial score (nSPS) is 11.7. The van der Waals surface area contributed by atoms with Crippen molar-refractivity contribution in [1.82, 2.24) is 19.4 Å². The molecule has 10 heteroatoms. The summed E-state index contributed by atoms with van der Waals surface area (Å²) in [5.74, 6) is -1.89. The summed E-state index contributed by atoms with van der Waals surface area (Å²) in [6.07, 6.45) is -3.55. The number of alkyl halides is 3. The first-order chi connectivity index (χ1) is 11.2. The summed E-state index contributed by atoms with van der Waals surface area (Å²) < 4.78 is 42.1. The molecule has 3 rings (SSSR count). The number of ether oxygens (including phenoxy) is 1. The Morgan fingerprint density at radius 3 is 2.67 bits per heavy atom. The Morgan fingerprint density at radius 2 is 2.00 bits per heavy atom. The van der Waals surface area contributed by atoms with Crippen LogP contribution in [0, 0.1) is 6.92 Å². The van der Waals surface area contributed by atoms with Gasteiger partial charge in [-0.15, -0.1) is 13.2 Å². The lowest BCUT2D eigenvalue weighted by molar-refractivity contribution is -0.276. The number of aromatic nitrogens is 4. The molecule has 0 aliphatic carbocycles. The van der Waals surface area contributed by atoms with E-state index in [-0.39, 0.29) is 22.7 Å². The van der Waals surface area contributed by atoms with Gasteiger partial charge in [0.2, 0.25) is 5.88 Å². The van der Waals surface area contributed by atoms with E-state index in [9.17, 15) is 18.0 Å². The van der Waals surface area contributed by atoms with Crippen LogP contribution < -0.4 is 4.74 Å². The molecule has 0 amide bonds. The van der Waals surface area contributed by atoms with E-state index in [2.05, 4.69) is 19.7 Å². The molecular formula is C14H9F3N4O3. The summed E-state index contributed by atoms with van der Waals surface area (Å²) in [4.78, 5) is 22.8. The van der Waals surface area contributed by atoms with Crippen molar-refractivity contribution in [2.75, 3.05) is 0 Å². The quantitative estimate of drug-likeness (QED) is 0.790. The SMILES string of the molecule is Cc1cc(-c2cccc(OC(F)(F)F)n2)nc2c(C(=O)O)ncn12. The van der Waals surface area contributed by atoms with E-state index >= 15 is 0 Å². The van der Waals surface area contributed by atoms with Crippen LogP contribution >= 0.6 is 0 Å². The number of hydrogen-bond donors (Lipinski definition) is 1. The van der Waals surface area contributed by atoms with Gasteiger partial charge in [0.15, 0.2) is 11.3 Å². The van der Waals surface area contributed by atoms with Crippen LogP contribution in [0.25, 0.3) is 17.0 Å². The minimum absolute atomic E-state index is 0.0708. The van der Waals surface area contributed by atoms with Gasteiger partial charge in [0.25, 0.3) is 0 Å². The Morgan fingerprint density at radius 1 is 1.25 bits per heavy atom. The molecule has 0 radical (unpaired) electrons. The number of halogens is 3. The molecule has 0 saturated carbocycles. The van der Waals surface area contributed by atoms with Crippen molar-refractivity contribution in [3.05, 3.63) is 42.0 Å². The number of imidazole rings is 1. The average molecular weight is 338 g/mol. The molecule has 0 atom stereocenters. The molecule has 0 aromatic carbocycles. The molecule has 124 valence electrons. The molecular weight excluding hydrogens is 329 g/mol. The summed E-state index contributed by atoms with van der Waals surface area (Å²) in [5, 5.41) is 9.12.